The molecule has 0 unspecified atom stereocenters. The van der Waals surface area contributed by atoms with Crippen molar-refractivity contribution >= 4 is 29.5 Å². The van der Waals surface area contributed by atoms with Gasteiger partial charge in [-0.05, 0) is 36.5 Å². The summed E-state index contributed by atoms with van der Waals surface area (Å²) in [5, 5.41) is 22.3. The second kappa shape index (κ2) is 7.80. The van der Waals surface area contributed by atoms with Crippen molar-refractivity contribution < 1.29 is 9.90 Å². The average Bonchev–Trinajstić information content (AvgIpc) is 3.24. The Kier molecular flexibility index (Phi) is 5.71. The number of hydrogen-bond donors (Lipinski definition) is 3. The van der Waals surface area contributed by atoms with Gasteiger partial charge < -0.3 is 10.4 Å². The minimum Gasteiger partial charge on any atom is -0.392 e. The summed E-state index contributed by atoms with van der Waals surface area (Å²) in [5.74, 6) is 0.738. The van der Waals surface area contributed by atoms with E-state index in [9.17, 15) is 9.90 Å². The van der Waals surface area contributed by atoms with Crippen LogP contribution >= 0.6 is 23.6 Å². The van der Waals surface area contributed by atoms with Crippen LogP contribution in [0.2, 0.25) is 0 Å². The molecular formula is C17H24N4O2S2. The number of aromatic amines is 1. The van der Waals surface area contributed by atoms with E-state index in [4.69, 9.17) is 12.2 Å². The molecule has 136 valence electrons. The highest BCUT2D eigenvalue weighted by atomic mass is 32.1. The van der Waals surface area contributed by atoms with Crippen LogP contribution < -0.4 is 5.32 Å². The van der Waals surface area contributed by atoms with Crippen molar-refractivity contribution in [2.75, 3.05) is 6.54 Å². The third kappa shape index (κ3) is 4.19. The number of H-pyrrole nitrogens is 1. The van der Waals surface area contributed by atoms with Gasteiger partial charge in [0.15, 0.2) is 10.6 Å². The number of nitrogens with zero attached hydrogens (tertiary/aromatic N) is 2. The van der Waals surface area contributed by atoms with E-state index in [2.05, 4.69) is 22.4 Å². The summed E-state index contributed by atoms with van der Waals surface area (Å²) in [6, 6.07) is 3.95. The number of thiophene rings is 1. The zero-order chi connectivity index (χ0) is 17.9. The highest BCUT2D eigenvalue weighted by Crippen LogP contribution is 2.35. The van der Waals surface area contributed by atoms with E-state index >= 15 is 0 Å². The number of nitrogens with one attached hydrogen (secondary N) is 2. The molecule has 2 aromatic rings. The van der Waals surface area contributed by atoms with E-state index in [1.807, 2.05) is 22.1 Å². The molecule has 1 fully saturated rings. The van der Waals surface area contributed by atoms with Gasteiger partial charge in [0.05, 0.1) is 11.0 Å². The van der Waals surface area contributed by atoms with Crippen molar-refractivity contribution in [3.63, 3.8) is 0 Å². The van der Waals surface area contributed by atoms with Crippen LogP contribution in [-0.2, 0) is 11.3 Å². The van der Waals surface area contributed by atoms with Gasteiger partial charge >= 0.3 is 0 Å². The fraction of sp³-hybridized carbons (Fsp3) is 0.588. The highest BCUT2D eigenvalue weighted by molar-refractivity contribution is 7.71. The van der Waals surface area contributed by atoms with Crippen LogP contribution in [0.15, 0.2) is 17.5 Å². The summed E-state index contributed by atoms with van der Waals surface area (Å²) in [6.07, 6.45) is 3.93. The number of rotatable bonds is 6. The minimum absolute atomic E-state index is 0.0285. The first-order chi connectivity index (χ1) is 12.0. The lowest BCUT2D eigenvalue weighted by Crippen LogP contribution is -2.45. The van der Waals surface area contributed by atoms with Gasteiger partial charge in [-0.25, -0.2) is 0 Å². The van der Waals surface area contributed by atoms with E-state index in [0.717, 1.165) is 36.4 Å². The zero-order valence-corrected chi connectivity index (χ0v) is 16.0. The maximum Gasteiger partial charge on any atom is 0.221 e. The molecule has 3 N–H and O–H groups in total. The van der Waals surface area contributed by atoms with Crippen LogP contribution in [0.1, 0.15) is 39.0 Å². The summed E-state index contributed by atoms with van der Waals surface area (Å²) in [5.41, 5.74) is -0.220. The molecule has 0 spiro atoms. The number of aliphatic hydroxyl groups excluding tert-OH is 1. The summed E-state index contributed by atoms with van der Waals surface area (Å²) in [7, 11) is 0. The van der Waals surface area contributed by atoms with Crippen LogP contribution in [-0.4, -0.2) is 38.4 Å². The number of amides is 1. The van der Waals surface area contributed by atoms with Gasteiger partial charge in [-0.1, -0.05) is 25.8 Å². The largest absolute Gasteiger partial charge is 0.392 e. The number of hydrogen-bond acceptors (Lipinski definition) is 5. The zero-order valence-electron chi connectivity index (χ0n) is 14.3. The molecular weight excluding hydrogens is 356 g/mol. The van der Waals surface area contributed by atoms with Crippen molar-refractivity contribution in [2.45, 2.75) is 51.7 Å². The molecule has 1 saturated carbocycles. The molecule has 0 radical (unpaired) electrons. The Morgan fingerprint density at radius 1 is 1.60 bits per heavy atom. The van der Waals surface area contributed by atoms with Crippen molar-refractivity contribution in [1.82, 2.24) is 20.1 Å². The highest BCUT2D eigenvalue weighted by Gasteiger charge is 2.35. The Morgan fingerprint density at radius 2 is 2.44 bits per heavy atom. The third-order valence-corrected chi connectivity index (χ3v) is 6.21. The average molecular weight is 381 g/mol. The predicted molar refractivity (Wildman–Crippen MR) is 101 cm³/mol. The third-order valence-electron chi connectivity index (χ3n) is 5.03. The molecule has 0 bridgehead atoms. The van der Waals surface area contributed by atoms with Crippen LogP contribution in [0.25, 0.3) is 10.7 Å². The minimum atomic E-state index is -0.338. The lowest BCUT2D eigenvalue weighted by atomic mass is 9.73. The molecule has 1 aliphatic carbocycles. The lowest BCUT2D eigenvalue weighted by Gasteiger charge is -2.38. The van der Waals surface area contributed by atoms with E-state index in [1.54, 1.807) is 11.3 Å². The standard InChI is InChI=1S/C17H24N4O2S2/c1-17(8-3-2-6-13(17)22)11-18-14(23)7-9-21-15(19-20-16(21)24)12-5-4-10-25-12/h4-5,10,13,22H,2-3,6-9,11H2,1H3,(H,18,23)(H,20,24)/t13-,17+/m0/s1. The molecule has 0 aliphatic heterocycles. The predicted octanol–water partition coefficient (Wildman–Crippen LogP) is 3.12. The van der Waals surface area contributed by atoms with Gasteiger partial charge in [-0.3, -0.25) is 14.5 Å². The van der Waals surface area contributed by atoms with Gasteiger partial charge in [0.25, 0.3) is 0 Å². The SMILES string of the molecule is C[C@]1(CNC(=O)CCn2c(-c3cccs3)n[nH]c2=S)CCCC[C@@H]1O. The molecule has 2 heterocycles. The van der Waals surface area contributed by atoms with Gasteiger partial charge in [0.1, 0.15) is 0 Å². The van der Waals surface area contributed by atoms with Crippen LogP contribution in [0, 0.1) is 10.2 Å². The topological polar surface area (TPSA) is 82.9 Å². The summed E-state index contributed by atoms with van der Waals surface area (Å²) in [4.78, 5) is 13.3. The molecule has 3 rings (SSSR count). The van der Waals surface area contributed by atoms with Crippen molar-refractivity contribution in [3.05, 3.63) is 22.3 Å². The second-order valence-electron chi connectivity index (χ2n) is 6.92. The molecule has 25 heavy (non-hydrogen) atoms. The number of carbonyl (C=O) groups is 1. The Hall–Kier alpha value is -1.51. The molecule has 8 heteroatoms. The molecule has 0 aromatic carbocycles. The van der Waals surface area contributed by atoms with Crippen LogP contribution in [0.4, 0.5) is 0 Å². The Bertz CT molecular complexity index is 768. The van der Waals surface area contributed by atoms with Crippen molar-refractivity contribution in [1.29, 1.82) is 0 Å². The Balaban J connectivity index is 1.57. The quantitative estimate of drug-likeness (QED) is 0.673. The van der Waals surface area contributed by atoms with Gasteiger partial charge in [0, 0.05) is 24.9 Å². The van der Waals surface area contributed by atoms with Gasteiger partial charge in [-0.2, -0.15) is 5.10 Å². The van der Waals surface area contributed by atoms with Crippen LogP contribution in [0.5, 0.6) is 0 Å². The molecule has 6 nitrogen and oxygen atoms in total. The molecule has 2 atom stereocenters. The number of aliphatic hydroxyl groups is 1. The second-order valence-corrected chi connectivity index (χ2v) is 8.26. The summed E-state index contributed by atoms with van der Waals surface area (Å²) in [6.45, 7) is 3.05. The smallest absolute Gasteiger partial charge is 0.221 e. The summed E-state index contributed by atoms with van der Waals surface area (Å²) >= 11 is 6.87. The molecule has 1 amide bonds. The van der Waals surface area contributed by atoms with E-state index in [-0.39, 0.29) is 17.4 Å². The molecule has 2 aromatic heterocycles. The lowest BCUT2D eigenvalue weighted by molar-refractivity contribution is -0.122. The van der Waals surface area contributed by atoms with E-state index in [0.29, 0.717) is 24.3 Å². The van der Waals surface area contributed by atoms with E-state index < -0.39 is 0 Å². The normalized spacial score (nSPS) is 23.5. The number of aromatic nitrogens is 3. The Labute approximate surface area is 156 Å². The fourth-order valence-corrected chi connectivity index (χ4v) is 4.25. The molecule has 0 saturated heterocycles. The van der Waals surface area contributed by atoms with Gasteiger partial charge in [-0.15, -0.1) is 11.3 Å². The van der Waals surface area contributed by atoms with Crippen molar-refractivity contribution in [3.8, 4) is 10.7 Å². The fourth-order valence-electron chi connectivity index (χ4n) is 3.31. The van der Waals surface area contributed by atoms with E-state index in [1.165, 1.54) is 0 Å². The first-order valence-electron chi connectivity index (χ1n) is 8.63. The van der Waals surface area contributed by atoms with Crippen molar-refractivity contribution in [2.24, 2.45) is 5.41 Å². The maximum absolute atomic E-state index is 12.3. The molecule has 1 aliphatic rings. The van der Waals surface area contributed by atoms with Crippen LogP contribution in [0.3, 0.4) is 0 Å². The first-order valence-corrected chi connectivity index (χ1v) is 9.92. The first kappa shape index (κ1) is 18.3. The van der Waals surface area contributed by atoms with Gasteiger partial charge in [0.2, 0.25) is 5.91 Å². The maximum atomic E-state index is 12.3. The number of carbonyl (C=O) groups excluding carboxylic acids is 1. The monoisotopic (exact) mass is 380 g/mol. The Morgan fingerprint density at radius 3 is 3.16 bits per heavy atom. The summed E-state index contributed by atoms with van der Waals surface area (Å²) < 4.78 is 2.38.